The van der Waals surface area contributed by atoms with E-state index in [1.165, 1.54) is 6.92 Å². The van der Waals surface area contributed by atoms with Gasteiger partial charge >= 0.3 is 22.8 Å². The van der Waals surface area contributed by atoms with Crippen molar-refractivity contribution in [3.63, 3.8) is 0 Å². The summed E-state index contributed by atoms with van der Waals surface area (Å²) in [5.41, 5.74) is -2.71. The smallest absolute Gasteiger partial charge is 0.324 e. The lowest BCUT2D eigenvalue weighted by atomic mass is 10.1. The van der Waals surface area contributed by atoms with Crippen molar-refractivity contribution in [1.82, 2.24) is 0 Å². The van der Waals surface area contributed by atoms with E-state index >= 15 is 0 Å². The molecular weight excluding hydrogens is 321 g/mol. The van der Waals surface area contributed by atoms with E-state index < -0.39 is 53.1 Å². The fourth-order valence-corrected chi connectivity index (χ4v) is 4.61. The van der Waals surface area contributed by atoms with Crippen LogP contribution in [0.25, 0.3) is 0 Å². The molecule has 6 N–H and O–H groups in total. The van der Waals surface area contributed by atoms with Gasteiger partial charge in [-0.3, -0.25) is 13.7 Å². The van der Waals surface area contributed by atoms with Gasteiger partial charge in [0.2, 0.25) is 0 Å². The lowest BCUT2D eigenvalue weighted by molar-refractivity contribution is 0.333. The minimum Gasteiger partial charge on any atom is -0.324 e. The quantitative estimate of drug-likeness (QED) is 0.343. The maximum Gasteiger partial charge on any atom is 0.328 e. The zero-order chi connectivity index (χ0) is 15.5. The van der Waals surface area contributed by atoms with Crippen LogP contribution >= 0.6 is 22.8 Å². The molecule has 0 heterocycles. The zero-order valence-corrected chi connectivity index (χ0v) is 12.9. The van der Waals surface area contributed by atoms with E-state index in [2.05, 4.69) is 0 Å². The third-order valence-corrected chi connectivity index (χ3v) is 6.51. The van der Waals surface area contributed by atoms with Crippen LogP contribution in [0.2, 0.25) is 0 Å². The highest BCUT2D eigenvalue weighted by Gasteiger charge is 2.37. The molecule has 0 aromatic rings. The van der Waals surface area contributed by atoms with Gasteiger partial charge < -0.3 is 29.4 Å². The van der Waals surface area contributed by atoms with Crippen LogP contribution in [0.15, 0.2) is 0 Å². The Labute approximate surface area is 110 Å². The van der Waals surface area contributed by atoms with E-state index in [4.69, 9.17) is 29.4 Å². The molecule has 0 aromatic carbocycles. The van der Waals surface area contributed by atoms with Crippen LogP contribution in [0.1, 0.15) is 26.2 Å². The van der Waals surface area contributed by atoms with Crippen LogP contribution in [0, 0.1) is 0 Å². The minimum atomic E-state index is -4.69. The summed E-state index contributed by atoms with van der Waals surface area (Å²) in [5, 5.41) is 0. The van der Waals surface area contributed by atoms with Gasteiger partial charge in [0.15, 0.2) is 0 Å². The molecule has 0 fully saturated rings. The van der Waals surface area contributed by atoms with E-state index in [0.29, 0.717) is 0 Å². The fourth-order valence-electron chi connectivity index (χ4n) is 1.60. The van der Waals surface area contributed by atoms with Gasteiger partial charge in [-0.2, -0.15) is 0 Å². The molecule has 0 saturated heterocycles. The fraction of sp³-hybridized carbons (Fsp3) is 1.00. The van der Waals surface area contributed by atoms with Crippen molar-refractivity contribution in [2.75, 3.05) is 6.16 Å². The van der Waals surface area contributed by atoms with Gasteiger partial charge in [-0.25, -0.2) is 0 Å². The topological polar surface area (TPSA) is 173 Å². The molecule has 2 unspecified atom stereocenters. The average Bonchev–Trinajstić information content (AvgIpc) is 2.11. The summed E-state index contributed by atoms with van der Waals surface area (Å²) in [7, 11) is -13.6. The summed E-state index contributed by atoms with van der Waals surface area (Å²) in [6, 6.07) is 0. The van der Waals surface area contributed by atoms with E-state index in [9.17, 15) is 13.7 Å². The standard InChI is InChI=1S/C7H19O9P3/c1-2-6(18(11,12)13)5-7(19(14,15)16)3-4-17(8,9)10/h6-7H,2-5H2,1H3,(H2,8,9,10)(H2,11,12,13)(H2,14,15,16). The Morgan fingerprint density at radius 1 is 0.842 bits per heavy atom. The van der Waals surface area contributed by atoms with Crippen molar-refractivity contribution in [3.05, 3.63) is 0 Å². The second-order valence-electron chi connectivity index (χ2n) is 4.31. The van der Waals surface area contributed by atoms with E-state index in [1.54, 1.807) is 0 Å². The average molecular weight is 340 g/mol. The molecule has 19 heavy (non-hydrogen) atoms. The van der Waals surface area contributed by atoms with Gasteiger partial charge in [0, 0.05) is 0 Å². The van der Waals surface area contributed by atoms with Crippen molar-refractivity contribution < 1.29 is 43.1 Å². The van der Waals surface area contributed by atoms with Crippen LogP contribution in [0.5, 0.6) is 0 Å². The van der Waals surface area contributed by atoms with Gasteiger partial charge in [0.1, 0.15) is 0 Å². The van der Waals surface area contributed by atoms with E-state index in [-0.39, 0.29) is 6.42 Å². The molecule has 9 nitrogen and oxygen atoms in total. The normalized spacial score (nSPS) is 17.2. The number of hydrogen-bond donors (Lipinski definition) is 6. The first-order valence-electron chi connectivity index (χ1n) is 5.42. The Bertz CT molecular complexity index is 418. The van der Waals surface area contributed by atoms with Crippen LogP contribution in [-0.4, -0.2) is 46.8 Å². The summed E-state index contributed by atoms with van der Waals surface area (Å²) in [5.74, 6) is 0. The molecule has 0 radical (unpaired) electrons. The maximum absolute atomic E-state index is 11.2. The third kappa shape index (κ3) is 8.35. The molecule has 12 heteroatoms. The van der Waals surface area contributed by atoms with Crippen molar-refractivity contribution in [1.29, 1.82) is 0 Å². The first-order valence-corrected chi connectivity index (χ1v) is 10.6. The molecule has 0 aliphatic carbocycles. The first-order chi connectivity index (χ1) is 8.27. The van der Waals surface area contributed by atoms with Gasteiger partial charge in [0.25, 0.3) is 0 Å². The molecule has 0 amide bonds. The minimum absolute atomic E-state index is 0.0106. The molecule has 0 bridgehead atoms. The van der Waals surface area contributed by atoms with Gasteiger partial charge in [-0.15, -0.1) is 0 Å². The Kier molecular flexibility index (Phi) is 7.11. The number of rotatable bonds is 8. The van der Waals surface area contributed by atoms with Gasteiger partial charge in [-0.1, -0.05) is 6.92 Å². The Balaban J connectivity index is 4.94. The molecule has 0 spiro atoms. The number of hydrogen-bond acceptors (Lipinski definition) is 3. The lowest BCUT2D eigenvalue weighted by Crippen LogP contribution is -2.19. The predicted molar refractivity (Wildman–Crippen MR) is 68.1 cm³/mol. The second kappa shape index (κ2) is 6.94. The Morgan fingerprint density at radius 3 is 1.53 bits per heavy atom. The SMILES string of the molecule is CCC(CC(CCP(=O)(O)O)P(=O)(O)O)P(=O)(O)O. The van der Waals surface area contributed by atoms with E-state index in [1.807, 2.05) is 0 Å². The monoisotopic (exact) mass is 340 g/mol. The maximum atomic E-state index is 11.2. The van der Waals surface area contributed by atoms with Crippen molar-refractivity contribution in [2.45, 2.75) is 37.5 Å². The van der Waals surface area contributed by atoms with Gasteiger partial charge in [-0.05, 0) is 19.3 Å². The summed E-state index contributed by atoms with van der Waals surface area (Å²) < 4.78 is 33.0. The summed E-state index contributed by atoms with van der Waals surface area (Å²) in [6.07, 6.45) is -1.70. The van der Waals surface area contributed by atoms with E-state index in [0.717, 1.165) is 0 Å². The van der Waals surface area contributed by atoms with Crippen molar-refractivity contribution >= 4 is 22.8 Å². The van der Waals surface area contributed by atoms with Crippen molar-refractivity contribution in [2.24, 2.45) is 0 Å². The van der Waals surface area contributed by atoms with Crippen LogP contribution in [0.3, 0.4) is 0 Å². The summed E-state index contributed by atoms with van der Waals surface area (Å²) in [4.78, 5) is 53.6. The van der Waals surface area contributed by atoms with Gasteiger partial charge in [0.05, 0.1) is 17.5 Å². The second-order valence-corrected chi connectivity index (χ2v) is 9.90. The van der Waals surface area contributed by atoms with Crippen molar-refractivity contribution in [3.8, 4) is 0 Å². The molecule has 0 aliphatic heterocycles. The Morgan fingerprint density at radius 2 is 1.26 bits per heavy atom. The molecule has 0 aromatic heterocycles. The first kappa shape index (κ1) is 19.4. The molecular formula is C7H19O9P3. The molecule has 0 aliphatic rings. The highest BCUT2D eigenvalue weighted by Crippen LogP contribution is 2.53. The molecule has 0 rings (SSSR count). The largest absolute Gasteiger partial charge is 0.328 e. The highest BCUT2D eigenvalue weighted by molar-refractivity contribution is 7.54. The zero-order valence-electron chi connectivity index (χ0n) is 10.2. The van der Waals surface area contributed by atoms with Crippen LogP contribution < -0.4 is 0 Å². The third-order valence-electron chi connectivity index (χ3n) is 2.72. The molecule has 2 atom stereocenters. The van der Waals surface area contributed by atoms with Crippen LogP contribution in [-0.2, 0) is 13.7 Å². The summed E-state index contributed by atoms with van der Waals surface area (Å²) >= 11 is 0. The lowest BCUT2D eigenvalue weighted by Gasteiger charge is -2.24. The highest BCUT2D eigenvalue weighted by atomic mass is 31.2. The van der Waals surface area contributed by atoms with Crippen LogP contribution in [0.4, 0.5) is 0 Å². The predicted octanol–water partition coefficient (Wildman–Crippen LogP) is 0.447. The molecule has 116 valence electrons. The molecule has 0 saturated carbocycles. The Hall–Kier alpha value is 0.450. The summed E-state index contributed by atoms with van der Waals surface area (Å²) in [6.45, 7) is 1.46.